The lowest BCUT2D eigenvalue weighted by molar-refractivity contribution is -0.148. The Morgan fingerprint density at radius 3 is 2.62 bits per heavy atom. The summed E-state index contributed by atoms with van der Waals surface area (Å²) in [6.45, 7) is 6.09. The van der Waals surface area contributed by atoms with Gasteiger partial charge in [-0.05, 0) is 19.3 Å². The van der Waals surface area contributed by atoms with Crippen LogP contribution in [-0.4, -0.2) is 40.5 Å². The Hall–Kier alpha value is -1.41. The molecule has 1 aliphatic rings. The quantitative estimate of drug-likeness (QED) is 0.330. The number of aliphatic hydroxyl groups excluding tert-OH is 1. The first-order valence-corrected chi connectivity index (χ1v) is 9.78. The number of rotatable bonds is 11. The molecule has 0 aromatic carbocycles. The van der Waals surface area contributed by atoms with Crippen molar-refractivity contribution in [1.29, 1.82) is 0 Å². The van der Waals surface area contributed by atoms with Gasteiger partial charge in [0.1, 0.15) is 0 Å². The number of hydrogen-bond donors (Lipinski definition) is 1. The van der Waals surface area contributed by atoms with Gasteiger partial charge in [0.15, 0.2) is 0 Å². The minimum absolute atomic E-state index is 0.0802. The van der Waals surface area contributed by atoms with Crippen LogP contribution >= 0.6 is 0 Å². The van der Waals surface area contributed by atoms with Crippen LogP contribution in [-0.2, 0) is 4.79 Å². The number of hydrogen-bond acceptors (Lipinski definition) is 2. The number of alkyl halides is 2. The first kappa shape index (κ1) is 22.6. The molecule has 0 bridgehead atoms. The predicted octanol–water partition coefficient (Wildman–Crippen LogP) is 4.55. The summed E-state index contributed by atoms with van der Waals surface area (Å²) in [5, 5.41) is 10.1. The smallest absolute Gasteiger partial charge is 0.327 e. The average Bonchev–Trinajstić information content (AvgIpc) is 2.83. The van der Waals surface area contributed by atoms with Gasteiger partial charge in [0, 0.05) is 19.4 Å². The fourth-order valence-corrected chi connectivity index (χ4v) is 3.14. The Morgan fingerprint density at radius 1 is 1.31 bits per heavy atom. The summed E-state index contributed by atoms with van der Waals surface area (Å²) in [5.74, 6) is 1.22. The molecule has 1 aliphatic heterocycles. The van der Waals surface area contributed by atoms with E-state index in [1.165, 1.54) is 17.4 Å². The van der Waals surface area contributed by atoms with E-state index >= 15 is 0 Å². The Bertz CT molecular complexity index is 522. The molecule has 0 saturated carbocycles. The third kappa shape index (κ3) is 7.07. The maximum absolute atomic E-state index is 13.9. The van der Waals surface area contributed by atoms with Crippen molar-refractivity contribution in [2.45, 2.75) is 90.2 Å². The standard InChI is InChI=1S/C21H33F2NO2/c1-4-6-8-9-10-11-15-24-18(16-21(22,23)20(24)26)13-14-19(25)17(3)12-7-5-2/h13-14,17-19,25H,4,6,8-12,15-16H2,1-3H3/b14-13+/t17-,18+,19-/m1/s1. The summed E-state index contributed by atoms with van der Waals surface area (Å²) in [5.41, 5.74) is 0. The van der Waals surface area contributed by atoms with Crippen LogP contribution in [0, 0.1) is 17.8 Å². The third-order valence-electron chi connectivity index (χ3n) is 4.91. The number of halogens is 2. The summed E-state index contributed by atoms with van der Waals surface area (Å²) < 4.78 is 27.7. The lowest BCUT2D eigenvalue weighted by Crippen LogP contribution is -2.36. The van der Waals surface area contributed by atoms with E-state index in [9.17, 15) is 18.7 Å². The van der Waals surface area contributed by atoms with Gasteiger partial charge in [-0.15, -0.1) is 11.8 Å². The minimum Gasteiger partial charge on any atom is -0.389 e. The van der Waals surface area contributed by atoms with Crippen LogP contribution in [0.25, 0.3) is 0 Å². The highest BCUT2D eigenvalue weighted by Gasteiger charge is 2.52. The maximum atomic E-state index is 13.9. The second-order valence-corrected chi connectivity index (χ2v) is 7.23. The van der Waals surface area contributed by atoms with Crippen molar-refractivity contribution < 1.29 is 18.7 Å². The van der Waals surface area contributed by atoms with Gasteiger partial charge in [-0.3, -0.25) is 4.79 Å². The van der Waals surface area contributed by atoms with E-state index in [1.54, 1.807) is 13.0 Å². The number of carbonyl (C=O) groups is 1. The number of likely N-dealkylation sites (tertiary alicyclic amines) is 1. The van der Waals surface area contributed by atoms with E-state index in [4.69, 9.17) is 0 Å². The molecule has 0 aromatic heterocycles. The summed E-state index contributed by atoms with van der Waals surface area (Å²) in [6.07, 6.45) is 8.64. The number of unbranched alkanes of at least 4 members (excludes halogenated alkanes) is 5. The average molecular weight is 369 g/mol. The summed E-state index contributed by atoms with van der Waals surface area (Å²) >= 11 is 0. The van der Waals surface area contributed by atoms with Gasteiger partial charge >= 0.3 is 5.92 Å². The molecule has 1 fully saturated rings. The Labute approximate surface area is 156 Å². The zero-order chi connectivity index (χ0) is 19.6. The first-order chi connectivity index (χ1) is 12.3. The van der Waals surface area contributed by atoms with Gasteiger partial charge in [-0.1, -0.05) is 58.1 Å². The van der Waals surface area contributed by atoms with E-state index in [0.717, 1.165) is 32.1 Å². The van der Waals surface area contributed by atoms with Gasteiger partial charge in [0.25, 0.3) is 5.91 Å². The van der Waals surface area contributed by atoms with Crippen LogP contribution in [0.1, 0.15) is 72.1 Å². The SMILES string of the molecule is CC#CC[C@@H](C)[C@H](O)/C=C/[C@H]1CC(F)(F)C(=O)N1CCCCCCCC. The fourth-order valence-electron chi connectivity index (χ4n) is 3.14. The molecule has 1 heterocycles. The topological polar surface area (TPSA) is 40.5 Å². The zero-order valence-electron chi connectivity index (χ0n) is 16.3. The molecular weight excluding hydrogens is 336 g/mol. The highest BCUT2D eigenvalue weighted by Crippen LogP contribution is 2.34. The third-order valence-corrected chi connectivity index (χ3v) is 4.91. The number of amides is 1. The molecule has 148 valence electrons. The first-order valence-electron chi connectivity index (χ1n) is 9.78. The number of aliphatic hydroxyl groups is 1. The van der Waals surface area contributed by atoms with Gasteiger partial charge < -0.3 is 10.0 Å². The molecule has 3 atom stereocenters. The van der Waals surface area contributed by atoms with Crippen molar-refractivity contribution in [3.05, 3.63) is 12.2 Å². The normalized spacial score (nSPS) is 21.7. The minimum atomic E-state index is -3.30. The van der Waals surface area contributed by atoms with Gasteiger partial charge in [0.2, 0.25) is 0 Å². The highest BCUT2D eigenvalue weighted by molar-refractivity contribution is 5.86. The molecule has 0 aliphatic carbocycles. The monoisotopic (exact) mass is 369 g/mol. The molecule has 0 aromatic rings. The maximum Gasteiger partial charge on any atom is 0.327 e. The molecule has 1 saturated heterocycles. The predicted molar refractivity (Wildman–Crippen MR) is 101 cm³/mol. The molecule has 0 spiro atoms. The molecule has 3 nitrogen and oxygen atoms in total. The Kier molecular flexibility index (Phi) is 9.87. The molecule has 0 unspecified atom stereocenters. The summed E-state index contributed by atoms with van der Waals surface area (Å²) in [6, 6.07) is -0.646. The molecule has 26 heavy (non-hydrogen) atoms. The largest absolute Gasteiger partial charge is 0.389 e. The molecular formula is C21H33F2NO2. The summed E-state index contributed by atoms with van der Waals surface area (Å²) in [4.78, 5) is 13.3. The van der Waals surface area contributed by atoms with Crippen molar-refractivity contribution in [2.75, 3.05) is 6.54 Å². The molecule has 5 heteroatoms. The lowest BCUT2D eigenvalue weighted by atomic mass is 10.00. The Balaban J connectivity index is 2.60. The second kappa shape index (κ2) is 11.3. The van der Waals surface area contributed by atoms with E-state index < -0.39 is 30.4 Å². The molecule has 1 amide bonds. The van der Waals surface area contributed by atoms with Gasteiger partial charge in [0.05, 0.1) is 12.1 Å². The van der Waals surface area contributed by atoms with E-state index in [-0.39, 0.29) is 5.92 Å². The second-order valence-electron chi connectivity index (χ2n) is 7.23. The van der Waals surface area contributed by atoms with Crippen molar-refractivity contribution in [1.82, 2.24) is 4.90 Å². The van der Waals surface area contributed by atoms with Crippen LogP contribution in [0.4, 0.5) is 8.78 Å². The van der Waals surface area contributed by atoms with Crippen LogP contribution in [0.15, 0.2) is 12.2 Å². The van der Waals surface area contributed by atoms with Crippen molar-refractivity contribution in [3.63, 3.8) is 0 Å². The highest BCUT2D eigenvalue weighted by atomic mass is 19.3. The van der Waals surface area contributed by atoms with E-state index in [0.29, 0.717) is 13.0 Å². The van der Waals surface area contributed by atoms with Gasteiger partial charge in [-0.25, -0.2) is 0 Å². The lowest BCUT2D eigenvalue weighted by Gasteiger charge is -2.22. The van der Waals surface area contributed by atoms with Crippen LogP contribution in [0.5, 0.6) is 0 Å². The zero-order valence-corrected chi connectivity index (χ0v) is 16.3. The molecule has 0 radical (unpaired) electrons. The van der Waals surface area contributed by atoms with Crippen molar-refractivity contribution in [3.8, 4) is 11.8 Å². The van der Waals surface area contributed by atoms with Crippen LogP contribution < -0.4 is 0 Å². The van der Waals surface area contributed by atoms with E-state index in [2.05, 4.69) is 18.8 Å². The molecule has 1 N–H and O–H groups in total. The van der Waals surface area contributed by atoms with Crippen molar-refractivity contribution >= 4 is 5.91 Å². The van der Waals surface area contributed by atoms with Crippen LogP contribution in [0.2, 0.25) is 0 Å². The van der Waals surface area contributed by atoms with Gasteiger partial charge in [-0.2, -0.15) is 8.78 Å². The summed E-state index contributed by atoms with van der Waals surface area (Å²) in [7, 11) is 0. The fraction of sp³-hybridized carbons (Fsp3) is 0.762. The van der Waals surface area contributed by atoms with Crippen LogP contribution in [0.3, 0.4) is 0 Å². The number of nitrogens with zero attached hydrogens (tertiary/aromatic N) is 1. The Morgan fingerprint density at radius 2 is 1.96 bits per heavy atom. The molecule has 1 rings (SSSR count). The number of carbonyl (C=O) groups excluding carboxylic acids is 1. The van der Waals surface area contributed by atoms with E-state index in [1.807, 2.05) is 6.92 Å². The van der Waals surface area contributed by atoms with Crippen molar-refractivity contribution in [2.24, 2.45) is 5.92 Å².